The Morgan fingerprint density at radius 1 is 1.38 bits per heavy atom. The van der Waals surface area contributed by atoms with E-state index in [0.717, 1.165) is 31.7 Å². The Morgan fingerprint density at radius 3 is 2.71 bits per heavy atom. The standard InChI is InChI=1S/C15H19FN2O2S/c1-11-5-3-6-12(9-11)18(2)21(19,20)15-8-4-7-14(16)13(15)10-17/h4,7-8,11-12H,3,5-6,9H2,1-2H3. The highest BCUT2D eigenvalue weighted by Crippen LogP contribution is 2.31. The average molecular weight is 310 g/mol. The minimum absolute atomic E-state index is 0.0893. The van der Waals surface area contributed by atoms with Crippen molar-refractivity contribution in [3.8, 4) is 6.07 Å². The van der Waals surface area contributed by atoms with E-state index in [1.165, 1.54) is 23.5 Å². The number of hydrogen-bond donors (Lipinski definition) is 0. The van der Waals surface area contributed by atoms with Crippen LogP contribution in [0, 0.1) is 23.1 Å². The fourth-order valence-corrected chi connectivity index (χ4v) is 4.46. The second kappa shape index (κ2) is 6.12. The van der Waals surface area contributed by atoms with Gasteiger partial charge in [0.15, 0.2) is 0 Å². The van der Waals surface area contributed by atoms with Gasteiger partial charge in [-0.3, -0.25) is 0 Å². The molecule has 114 valence electrons. The minimum atomic E-state index is -3.86. The predicted octanol–water partition coefficient (Wildman–Crippen LogP) is 2.90. The Morgan fingerprint density at radius 2 is 2.10 bits per heavy atom. The van der Waals surface area contributed by atoms with E-state index in [9.17, 15) is 12.8 Å². The lowest BCUT2D eigenvalue weighted by Crippen LogP contribution is -2.40. The summed E-state index contributed by atoms with van der Waals surface area (Å²) < 4.78 is 40.3. The molecule has 6 heteroatoms. The van der Waals surface area contributed by atoms with Crippen LogP contribution in [0.2, 0.25) is 0 Å². The molecule has 0 spiro atoms. The van der Waals surface area contributed by atoms with Gasteiger partial charge in [-0.15, -0.1) is 0 Å². The molecule has 21 heavy (non-hydrogen) atoms. The van der Waals surface area contributed by atoms with Crippen LogP contribution in [0.5, 0.6) is 0 Å². The smallest absolute Gasteiger partial charge is 0.207 e. The molecule has 2 unspecified atom stereocenters. The van der Waals surface area contributed by atoms with Gasteiger partial charge in [-0.1, -0.05) is 25.8 Å². The van der Waals surface area contributed by atoms with Crippen molar-refractivity contribution in [2.45, 2.75) is 43.5 Å². The Balaban J connectivity index is 2.38. The van der Waals surface area contributed by atoms with Crippen molar-refractivity contribution < 1.29 is 12.8 Å². The van der Waals surface area contributed by atoms with Crippen LogP contribution in [0.3, 0.4) is 0 Å². The summed E-state index contributed by atoms with van der Waals surface area (Å²) in [6, 6.07) is 5.28. The molecule has 2 rings (SSSR count). The number of halogens is 1. The second-order valence-corrected chi connectivity index (χ2v) is 7.64. The molecule has 0 heterocycles. The largest absolute Gasteiger partial charge is 0.244 e. The zero-order valence-corrected chi connectivity index (χ0v) is 13.0. The molecule has 1 aromatic carbocycles. The van der Waals surface area contributed by atoms with E-state index in [2.05, 4.69) is 6.92 Å². The van der Waals surface area contributed by atoms with E-state index < -0.39 is 21.4 Å². The van der Waals surface area contributed by atoms with Gasteiger partial charge in [0, 0.05) is 13.1 Å². The SMILES string of the molecule is CC1CCCC(N(C)S(=O)(=O)c2cccc(F)c2C#N)C1. The number of nitrogens with zero attached hydrogens (tertiary/aromatic N) is 2. The molecule has 0 amide bonds. The molecular formula is C15H19FN2O2S. The molecule has 0 saturated heterocycles. The zero-order chi connectivity index (χ0) is 15.6. The van der Waals surface area contributed by atoms with Crippen LogP contribution in [-0.4, -0.2) is 25.8 Å². The van der Waals surface area contributed by atoms with Gasteiger partial charge < -0.3 is 0 Å². The summed E-state index contributed by atoms with van der Waals surface area (Å²) in [6.07, 6.45) is 3.69. The highest BCUT2D eigenvalue weighted by molar-refractivity contribution is 7.89. The van der Waals surface area contributed by atoms with E-state index in [-0.39, 0.29) is 10.9 Å². The van der Waals surface area contributed by atoms with E-state index in [4.69, 9.17) is 5.26 Å². The Hall–Kier alpha value is -1.45. The first kappa shape index (κ1) is 15.9. The number of rotatable bonds is 3. The van der Waals surface area contributed by atoms with Gasteiger partial charge in [0.1, 0.15) is 22.3 Å². The maximum atomic E-state index is 13.6. The van der Waals surface area contributed by atoms with E-state index >= 15 is 0 Å². The van der Waals surface area contributed by atoms with Crippen molar-refractivity contribution in [1.82, 2.24) is 4.31 Å². The first-order valence-corrected chi connectivity index (χ1v) is 8.48. The number of sulfonamides is 1. The van der Waals surface area contributed by atoms with Gasteiger partial charge in [0.25, 0.3) is 0 Å². The summed E-state index contributed by atoms with van der Waals surface area (Å²) in [5.74, 6) is -0.326. The Labute approximate surface area is 125 Å². The third-order valence-corrected chi connectivity index (χ3v) is 6.12. The molecule has 0 radical (unpaired) electrons. The maximum absolute atomic E-state index is 13.6. The molecule has 1 aromatic rings. The van der Waals surface area contributed by atoms with Gasteiger partial charge in [0.05, 0.1) is 0 Å². The third-order valence-electron chi connectivity index (χ3n) is 4.17. The van der Waals surface area contributed by atoms with Gasteiger partial charge in [-0.05, 0) is 30.9 Å². The molecule has 4 nitrogen and oxygen atoms in total. The van der Waals surface area contributed by atoms with Crippen LogP contribution in [-0.2, 0) is 10.0 Å². The molecular weight excluding hydrogens is 291 g/mol. The van der Waals surface area contributed by atoms with Gasteiger partial charge >= 0.3 is 0 Å². The van der Waals surface area contributed by atoms with E-state index in [1.807, 2.05) is 0 Å². The Kier molecular flexibility index (Phi) is 4.64. The van der Waals surface area contributed by atoms with Crippen molar-refractivity contribution in [3.05, 3.63) is 29.6 Å². The molecule has 1 aliphatic carbocycles. The Bertz CT molecular complexity index is 667. The molecule has 2 atom stereocenters. The topological polar surface area (TPSA) is 61.2 Å². The van der Waals surface area contributed by atoms with Gasteiger partial charge in [0.2, 0.25) is 10.0 Å². The lowest BCUT2D eigenvalue weighted by atomic mass is 9.87. The zero-order valence-electron chi connectivity index (χ0n) is 12.2. The number of benzene rings is 1. The summed E-state index contributed by atoms with van der Waals surface area (Å²) in [5, 5.41) is 9.02. The molecule has 1 aliphatic rings. The monoisotopic (exact) mass is 310 g/mol. The second-order valence-electron chi connectivity index (χ2n) is 5.67. The van der Waals surface area contributed by atoms with Crippen LogP contribution in [0.1, 0.15) is 38.2 Å². The van der Waals surface area contributed by atoms with Crippen LogP contribution in [0.25, 0.3) is 0 Å². The summed E-state index contributed by atoms with van der Waals surface area (Å²) >= 11 is 0. The fourth-order valence-electron chi connectivity index (χ4n) is 2.91. The fraction of sp³-hybridized carbons (Fsp3) is 0.533. The van der Waals surface area contributed by atoms with Crippen molar-refractivity contribution in [2.75, 3.05) is 7.05 Å². The van der Waals surface area contributed by atoms with E-state index in [0.29, 0.717) is 5.92 Å². The highest BCUT2D eigenvalue weighted by atomic mass is 32.2. The van der Waals surface area contributed by atoms with Crippen molar-refractivity contribution >= 4 is 10.0 Å². The van der Waals surface area contributed by atoms with Crippen LogP contribution in [0.4, 0.5) is 4.39 Å². The summed E-state index contributed by atoms with van der Waals surface area (Å²) in [4.78, 5) is -0.245. The van der Waals surface area contributed by atoms with Crippen LogP contribution >= 0.6 is 0 Å². The van der Waals surface area contributed by atoms with Crippen molar-refractivity contribution in [1.29, 1.82) is 5.26 Å². The summed E-state index contributed by atoms with van der Waals surface area (Å²) in [6.45, 7) is 2.11. The third kappa shape index (κ3) is 3.09. The molecule has 1 saturated carbocycles. The lowest BCUT2D eigenvalue weighted by molar-refractivity contribution is 0.239. The minimum Gasteiger partial charge on any atom is -0.207 e. The number of nitriles is 1. The highest BCUT2D eigenvalue weighted by Gasteiger charge is 2.33. The van der Waals surface area contributed by atoms with E-state index in [1.54, 1.807) is 6.07 Å². The van der Waals surface area contributed by atoms with Crippen molar-refractivity contribution in [2.24, 2.45) is 5.92 Å². The molecule has 0 bridgehead atoms. The number of hydrogen-bond acceptors (Lipinski definition) is 3. The van der Waals surface area contributed by atoms with Gasteiger partial charge in [-0.25, -0.2) is 12.8 Å². The average Bonchev–Trinajstić information content (AvgIpc) is 2.46. The predicted molar refractivity (Wildman–Crippen MR) is 77.5 cm³/mol. The maximum Gasteiger partial charge on any atom is 0.244 e. The summed E-state index contributed by atoms with van der Waals surface area (Å²) in [5.41, 5.74) is -0.409. The molecule has 0 aliphatic heterocycles. The van der Waals surface area contributed by atoms with Crippen molar-refractivity contribution in [3.63, 3.8) is 0 Å². The molecule has 1 fully saturated rings. The molecule has 0 N–H and O–H groups in total. The first-order valence-electron chi connectivity index (χ1n) is 7.04. The quantitative estimate of drug-likeness (QED) is 0.862. The first-order chi connectivity index (χ1) is 9.87. The summed E-state index contributed by atoms with van der Waals surface area (Å²) in [7, 11) is -2.34. The molecule has 0 aromatic heterocycles. The normalized spacial score (nSPS) is 23.0. The van der Waals surface area contributed by atoms with Gasteiger partial charge in [-0.2, -0.15) is 9.57 Å². The van der Waals surface area contributed by atoms with Crippen LogP contribution < -0.4 is 0 Å². The lowest BCUT2D eigenvalue weighted by Gasteiger charge is -2.33. The van der Waals surface area contributed by atoms with Crippen LogP contribution in [0.15, 0.2) is 23.1 Å².